The molecule has 14 heavy (non-hydrogen) atoms. The summed E-state index contributed by atoms with van der Waals surface area (Å²) in [6, 6.07) is 0. The molecule has 1 saturated heterocycles. The maximum atomic E-state index is 10.8. The Balaban J connectivity index is 2.53. The molecule has 0 spiro atoms. The van der Waals surface area contributed by atoms with E-state index in [2.05, 4.69) is 25.7 Å². The third-order valence-corrected chi connectivity index (χ3v) is 3.03. The SMILES string of the molecule is CC(C)(C)N1CCCC(C(=O)O)CC1. The first-order chi connectivity index (χ1) is 6.41. The van der Waals surface area contributed by atoms with Gasteiger partial charge in [-0.2, -0.15) is 0 Å². The average Bonchev–Trinajstić information content (AvgIpc) is 2.26. The zero-order valence-electron chi connectivity index (χ0n) is 9.42. The Kier molecular flexibility index (Phi) is 3.53. The molecule has 1 unspecified atom stereocenters. The van der Waals surface area contributed by atoms with Gasteiger partial charge in [-0.3, -0.25) is 9.69 Å². The van der Waals surface area contributed by atoms with E-state index in [9.17, 15) is 4.79 Å². The molecule has 0 bridgehead atoms. The third-order valence-electron chi connectivity index (χ3n) is 3.03. The Morgan fingerprint density at radius 3 is 2.43 bits per heavy atom. The molecular weight excluding hydrogens is 178 g/mol. The van der Waals surface area contributed by atoms with Gasteiger partial charge in [-0.05, 0) is 53.1 Å². The second-order valence-corrected chi connectivity index (χ2v) is 5.12. The van der Waals surface area contributed by atoms with Crippen LogP contribution in [0, 0.1) is 5.92 Å². The second kappa shape index (κ2) is 4.30. The molecule has 1 fully saturated rings. The topological polar surface area (TPSA) is 40.5 Å². The molecule has 0 aromatic heterocycles. The number of rotatable bonds is 1. The van der Waals surface area contributed by atoms with Gasteiger partial charge >= 0.3 is 5.97 Å². The van der Waals surface area contributed by atoms with Crippen molar-refractivity contribution in [3.63, 3.8) is 0 Å². The summed E-state index contributed by atoms with van der Waals surface area (Å²) in [4.78, 5) is 13.2. The van der Waals surface area contributed by atoms with Crippen molar-refractivity contribution < 1.29 is 9.90 Å². The fraction of sp³-hybridized carbons (Fsp3) is 0.909. The minimum Gasteiger partial charge on any atom is -0.481 e. The van der Waals surface area contributed by atoms with Gasteiger partial charge in [0.2, 0.25) is 0 Å². The number of hydrogen-bond donors (Lipinski definition) is 1. The first kappa shape index (κ1) is 11.5. The van der Waals surface area contributed by atoms with Crippen LogP contribution in [0.5, 0.6) is 0 Å². The first-order valence-corrected chi connectivity index (χ1v) is 5.39. The Morgan fingerprint density at radius 2 is 1.93 bits per heavy atom. The number of hydrogen-bond acceptors (Lipinski definition) is 2. The van der Waals surface area contributed by atoms with Crippen molar-refractivity contribution in [2.24, 2.45) is 5.92 Å². The molecule has 0 amide bonds. The summed E-state index contributed by atoms with van der Waals surface area (Å²) in [6.07, 6.45) is 2.64. The average molecular weight is 199 g/mol. The highest BCUT2D eigenvalue weighted by molar-refractivity contribution is 5.69. The molecule has 3 nitrogen and oxygen atoms in total. The van der Waals surface area contributed by atoms with E-state index >= 15 is 0 Å². The summed E-state index contributed by atoms with van der Waals surface area (Å²) >= 11 is 0. The molecule has 1 rings (SSSR count). The molecule has 1 aliphatic heterocycles. The molecule has 0 saturated carbocycles. The van der Waals surface area contributed by atoms with Gasteiger partial charge in [0, 0.05) is 5.54 Å². The smallest absolute Gasteiger partial charge is 0.306 e. The molecule has 0 aromatic rings. The molecule has 82 valence electrons. The highest BCUT2D eigenvalue weighted by Gasteiger charge is 2.27. The number of aliphatic carboxylic acids is 1. The molecule has 1 heterocycles. The van der Waals surface area contributed by atoms with Crippen LogP contribution in [0.15, 0.2) is 0 Å². The van der Waals surface area contributed by atoms with Crippen molar-refractivity contribution in [2.45, 2.75) is 45.6 Å². The predicted octanol–water partition coefficient (Wildman–Crippen LogP) is 1.97. The van der Waals surface area contributed by atoms with E-state index in [-0.39, 0.29) is 11.5 Å². The number of likely N-dealkylation sites (tertiary alicyclic amines) is 1. The van der Waals surface area contributed by atoms with E-state index in [1.165, 1.54) is 0 Å². The predicted molar refractivity (Wildman–Crippen MR) is 56.3 cm³/mol. The van der Waals surface area contributed by atoms with Crippen molar-refractivity contribution >= 4 is 5.97 Å². The quantitative estimate of drug-likeness (QED) is 0.702. The molecule has 3 heteroatoms. The van der Waals surface area contributed by atoms with Crippen molar-refractivity contribution in [2.75, 3.05) is 13.1 Å². The summed E-state index contributed by atoms with van der Waals surface area (Å²) < 4.78 is 0. The van der Waals surface area contributed by atoms with E-state index in [1.807, 2.05) is 0 Å². The van der Waals surface area contributed by atoms with Gasteiger partial charge in [-0.15, -0.1) is 0 Å². The lowest BCUT2D eigenvalue weighted by molar-refractivity contribution is -0.142. The van der Waals surface area contributed by atoms with Crippen LogP contribution >= 0.6 is 0 Å². The standard InChI is InChI=1S/C11H21NO2/c1-11(2,3)12-7-4-5-9(6-8-12)10(13)14/h9H,4-8H2,1-3H3,(H,13,14). The van der Waals surface area contributed by atoms with Crippen LogP contribution in [0.4, 0.5) is 0 Å². The monoisotopic (exact) mass is 199 g/mol. The van der Waals surface area contributed by atoms with E-state index in [1.54, 1.807) is 0 Å². The number of carboxylic acids is 1. The molecule has 1 aliphatic rings. The normalized spacial score (nSPS) is 25.8. The van der Waals surface area contributed by atoms with Gasteiger partial charge in [0.15, 0.2) is 0 Å². The van der Waals surface area contributed by atoms with Crippen LogP contribution in [0.2, 0.25) is 0 Å². The Hall–Kier alpha value is -0.570. The zero-order chi connectivity index (χ0) is 10.8. The second-order valence-electron chi connectivity index (χ2n) is 5.12. The van der Waals surface area contributed by atoms with Crippen molar-refractivity contribution in [3.05, 3.63) is 0 Å². The van der Waals surface area contributed by atoms with Gasteiger partial charge in [-0.25, -0.2) is 0 Å². The van der Waals surface area contributed by atoms with Gasteiger partial charge in [0.25, 0.3) is 0 Å². The molecule has 1 N–H and O–H groups in total. The fourth-order valence-electron chi connectivity index (χ4n) is 2.01. The summed E-state index contributed by atoms with van der Waals surface area (Å²) in [5.41, 5.74) is 0.174. The minimum absolute atomic E-state index is 0.123. The van der Waals surface area contributed by atoms with Crippen LogP contribution in [0.25, 0.3) is 0 Å². The molecule has 1 atom stereocenters. The Labute approximate surface area is 86.1 Å². The van der Waals surface area contributed by atoms with Gasteiger partial charge in [0.1, 0.15) is 0 Å². The lowest BCUT2D eigenvalue weighted by Gasteiger charge is -2.34. The lowest BCUT2D eigenvalue weighted by atomic mass is 10.0. The molecule has 0 aromatic carbocycles. The molecule has 0 radical (unpaired) electrons. The maximum Gasteiger partial charge on any atom is 0.306 e. The van der Waals surface area contributed by atoms with E-state index in [0.717, 1.165) is 32.4 Å². The van der Waals surface area contributed by atoms with Crippen LogP contribution < -0.4 is 0 Å². The van der Waals surface area contributed by atoms with Crippen LogP contribution in [-0.4, -0.2) is 34.6 Å². The highest BCUT2D eigenvalue weighted by atomic mass is 16.4. The summed E-state index contributed by atoms with van der Waals surface area (Å²) in [6.45, 7) is 8.52. The third kappa shape index (κ3) is 2.98. The van der Waals surface area contributed by atoms with Crippen LogP contribution in [0.3, 0.4) is 0 Å². The van der Waals surface area contributed by atoms with Gasteiger partial charge in [-0.1, -0.05) is 0 Å². The Bertz CT molecular complexity index is 208. The number of nitrogens with zero attached hydrogens (tertiary/aromatic N) is 1. The van der Waals surface area contributed by atoms with Crippen molar-refractivity contribution in [1.29, 1.82) is 0 Å². The molecule has 0 aliphatic carbocycles. The van der Waals surface area contributed by atoms with Crippen molar-refractivity contribution in [3.8, 4) is 0 Å². The fourth-order valence-corrected chi connectivity index (χ4v) is 2.01. The summed E-state index contributed by atoms with van der Waals surface area (Å²) in [5.74, 6) is -0.747. The molecular formula is C11H21NO2. The summed E-state index contributed by atoms with van der Waals surface area (Å²) in [5, 5.41) is 8.93. The first-order valence-electron chi connectivity index (χ1n) is 5.39. The van der Waals surface area contributed by atoms with E-state index in [4.69, 9.17) is 5.11 Å². The largest absolute Gasteiger partial charge is 0.481 e. The minimum atomic E-state index is -0.624. The zero-order valence-corrected chi connectivity index (χ0v) is 9.42. The highest BCUT2D eigenvalue weighted by Crippen LogP contribution is 2.23. The number of carboxylic acid groups (broad SMARTS) is 1. The van der Waals surface area contributed by atoms with Crippen LogP contribution in [-0.2, 0) is 4.79 Å². The van der Waals surface area contributed by atoms with E-state index < -0.39 is 5.97 Å². The lowest BCUT2D eigenvalue weighted by Crippen LogP contribution is -2.42. The van der Waals surface area contributed by atoms with Gasteiger partial charge in [0.05, 0.1) is 5.92 Å². The van der Waals surface area contributed by atoms with Crippen molar-refractivity contribution in [1.82, 2.24) is 4.90 Å². The summed E-state index contributed by atoms with van der Waals surface area (Å²) in [7, 11) is 0. The maximum absolute atomic E-state index is 10.8. The Morgan fingerprint density at radius 1 is 1.29 bits per heavy atom. The number of carbonyl (C=O) groups is 1. The van der Waals surface area contributed by atoms with E-state index in [0.29, 0.717) is 0 Å². The van der Waals surface area contributed by atoms with Gasteiger partial charge < -0.3 is 5.11 Å². The van der Waals surface area contributed by atoms with Crippen LogP contribution in [0.1, 0.15) is 40.0 Å².